The van der Waals surface area contributed by atoms with Crippen LogP contribution in [0.2, 0.25) is 0 Å². The van der Waals surface area contributed by atoms with Gasteiger partial charge in [0.15, 0.2) is 5.78 Å². The van der Waals surface area contributed by atoms with Gasteiger partial charge in [-0.25, -0.2) is 19.0 Å². The molecular weight excluding hydrogens is 583 g/mol. The predicted molar refractivity (Wildman–Crippen MR) is 172 cm³/mol. The van der Waals surface area contributed by atoms with E-state index in [4.69, 9.17) is 0 Å². The summed E-state index contributed by atoms with van der Waals surface area (Å²) in [5.41, 5.74) is 1.97. The number of hydrogen-bond acceptors (Lipinski definition) is 8. The van der Waals surface area contributed by atoms with Crippen LogP contribution in [0.4, 0.5) is 10.3 Å². The number of rotatable bonds is 5. The molecule has 1 aromatic carbocycles. The number of nitrogens with zero attached hydrogens (tertiary/aromatic N) is 6. The first-order valence-electron chi connectivity index (χ1n) is 16.8. The number of benzene rings is 1. The van der Waals surface area contributed by atoms with Crippen LogP contribution in [0.1, 0.15) is 57.2 Å². The number of ketones is 1. The summed E-state index contributed by atoms with van der Waals surface area (Å²) in [6.07, 6.45) is 11.3. The molecule has 7 atom stereocenters. The SMILES string of the molecule is C[C@]12Cc3cnn(-c4ccc(F)cc4)c3C=C1CCC1C2[C@@H](O)C[C@@]2(C)C1CC[C@]2(O)C(=O)CN1CCN(c2ncccn2)CC1. The van der Waals surface area contributed by atoms with Crippen LogP contribution in [0.15, 0.2) is 54.5 Å². The van der Waals surface area contributed by atoms with Crippen molar-refractivity contribution in [1.29, 1.82) is 0 Å². The maximum Gasteiger partial charge on any atom is 0.225 e. The van der Waals surface area contributed by atoms with Crippen molar-refractivity contribution >= 4 is 17.8 Å². The van der Waals surface area contributed by atoms with E-state index in [2.05, 4.69) is 44.8 Å². The number of anilines is 1. The van der Waals surface area contributed by atoms with Crippen molar-refractivity contribution in [2.45, 2.75) is 64.1 Å². The highest BCUT2D eigenvalue weighted by atomic mass is 19.1. The number of aliphatic hydroxyl groups is 2. The smallest absolute Gasteiger partial charge is 0.225 e. The highest BCUT2D eigenvalue weighted by Gasteiger charge is 2.68. The van der Waals surface area contributed by atoms with Crippen molar-refractivity contribution in [3.05, 3.63) is 71.6 Å². The lowest BCUT2D eigenvalue weighted by atomic mass is 9.45. The second kappa shape index (κ2) is 10.8. The van der Waals surface area contributed by atoms with E-state index in [9.17, 15) is 19.4 Å². The average molecular weight is 627 g/mol. The van der Waals surface area contributed by atoms with Crippen molar-refractivity contribution in [1.82, 2.24) is 24.6 Å². The van der Waals surface area contributed by atoms with Gasteiger partial charge in [0.2, 0.25) is 5.95 Å². The summed E-state index contributed by atoms with van der Waals surface area (Å²) in [6.45, 7) is 7.48. The van der Waals surface area contributed by atoms with Crippen molar-refractivity contribution in [3.8, 4) is 5.69 Å². The average Bonchev–Trinajstić information content (AvgIpc) is 3.58. The molecule has 242 valence electrons. The van der Waals surface area contributed by atoms with Crippen LogP contribution in [0.3, 0.4) is 0 Å². The number of allylic oxidation sites excluding steroid dienone is 1. The van der Waals surface area contributed by atoms with Crippen molar-refractivity contribution in [2.24, 2.45) is 28.6 Å². The molecule has 3 unspecified atom stereocenters. The van der Waals surface area contributed by atoms with E-state index >= 15 is 0 Å². The molecule has 0 radical (unpaired) electrons. The molecule has 3 heterocycles. The minimum absolute atomic E-state index is 0.0404. The third-order valence-corrected chi connectivity index (χ3v) is 12.7. The highest BCUT2D eigenvalue weighted by molar-refractivity contribution is 5.90. The first-order chi connectivity index (χ1) is 22.1. The maximum absolute atomic E-state index is 14.0. The van der Waals surface area contributed by atoms with Gasteiger partial charge in [-0.3, -0.25) is 9.69 Å². The Bertz CT molecular complexity index is 1670. The zero-order valence-electron chi connectivity index (χ0n) is 26.6. The maximum atomic E-state index is 14.0. The van der Waals surface area contributed by atoms with Gasteiger partial charge < -0.3 is 15.1 Å². The van der Waals surface area contributed by atoms with Crippen molar-refractivity contribution in [3.63, 3.8) is 0 Å². The number of carbonyl (C=O) groups is 1. The highest BCUT2D eigenvalue weighted by Crippen LogP contribution is 2.67. The lowest BCUT2D eigenvalue weighted by molar-refractivity contribution is -0.180. The van der Waals surface area contributed by atoms with Crippen LogP contribution in [0, 0.1) is 34.4 Å². The van der Waals surface area contributed by atoms with E-state index in [1.807, 2.05) is 10.9 Å². The predicted octanol–water partition coefficient (Wildman–Crippen LogP) is 4.08. The summed E-state index contributed by atoms with van der Waals surface area (Å²) in [6, 6.07) is 8.22. The van der Waals surface area contributed by atoms with Crippen LogP contribution < -0.4 is 4.90 Å². The second-order valence-electron chi connectivity index (χ2n) is 14.9. The Hall–Kier alpha value is -3.47. The molecule has 0 spiro atoms. The first-order valence-corrected chi connectivity index (χ1v) is 16.8. The van der Waals surface area contributed by atoms with Crippen LogP contribution in [-0.2, 0) is 11.2 Å². The van der Waals surface area contributed by atoms with Crippen molar-refractivity contribution in [2.75, 3.05) is 37.6 Å². The largest absolute Gasteiger partial charge is 0.393 e. The molecule has 1 saturated heterocycles. The molecule has 8 rings (SSSR count). The zero-order chi connectivity index (χ0) is 31.8. The quantitative estimate of drug-likeness (QED) is 0.437. The van der Waals surface area contributed by atoms with Gasteiger partial charge in [0.25, 0.3) is 0 Å². The van der Waals surface area contributed by atoms with E-state index in [1.54, 1.807) is 30.6 Å². The number of hydrogen-bond donors (Lipinski definition) is 2. The van der Waals surface area contributed by atoms with E-state index in [1.165, 1.54) is 17.7 Å². The summed E-state index contributed by atoms with van der Waals surface area (Å²) in [4.78, 5) is 27.0. The molecular formula is C36H43FN6O3. The van der Waals surface area contributed by atoms with Gasteiger partial charge in [0.05, 0.1) is 30.2 Å². The van der Waals surface area contributed by atoms with Gasteiger partial charge in [-0.15, -0.1) is 0 Å². The van der Waals surface area contributed by atoms with Crippen LogP contribution in [0.5, 0.6) is 0 Å². The molecule has 46 heavy (non-hydrogen) atoms. The fourth-order valence-corrected chi connectivity index (χ4v) is 10.3. The van der Waals surface area contributed by atoms with E-state index in [-0.39, 0.29) is 41.3 Å². The lowest BCUT2D eigenvalue weighted by Gasteiger charge is -2.60. The topological polar surface area (TPSA) is 108 Å². The molecule has 4 fully saturated rings. The second-order valence-corrected chi connectivity index (χ2v) is 14.9. The molecule has 0 bridgehead atoms. The Morgan fingerprint density at radius 1 is 1.07 bits per heavy atom. The van der Waals surface area contributed by atoms with Gasteiger partial charge in [0, 0.05) is 44.0 Å². The Morgan fingerprint density at radius 2 is 1.80 bits per heavy atom. The molecule has 4 aliphatic carbocycles. The Kier molecular flexibility index (Phi) is 7.01. The number of fused-ring (bicyclic) bond motifs is 6. The number of aliphatic hydroxyl groups excluding tert-OH is 1. The van der Waals surface area contributed by atoms with Crippen molar-refractivity contribution < 1.29 is 19.4 Å². The minimum Gasteiger partial charge on any atom is -0.393 e. The minimum atomic E-state index is -1.45. The molecule has 0 amide bonds. The first kappa shape index (κ1) is 29.9. The van der Waals surface area contributed by atoms with E-state index in [0.29, 0.717) is 31.9 Å². The van der Waals surface area contributed by atoms with Gasteiger partial charge >= 0.3 is 0 Å². The lowest BCUT2D eigenvalue weighted by Crippen LogP contribution is -2.63. The number of aromatic nitrogens is 4. The summed E-state index contributed by atoms with van der Waals surface area (Å²) < 4.78 is 15.5. The Morgan fingerprint density at radius 3 is 2.54 bits per heavy atom. The summed E-state index contributed by atoms with van der Waals surface area (Å²) in [5.74, 6) is 0.762. The number of piperazine rings is 1. The van der Waals surface area contributed by atoms with Gasteiger partial charge in [-0.05, 0) is 104 Å². The molecule has 3 aromatic rings. The normalized spacial score (nSPS) is 35.5. The molecule has 10 heteroatoms. The van der Waals surface area contributed by atoms with Gasteiger partial charge in [0.1, 0.15) is 11.4 Å². The van der Waals surface area contributed by atoms with Crippen LogP contribution >= 0.6 is 0 Å². The summed E-state index contributed by atoms with van der Waals surface area (Å²) in [7, 11) is 0. The van der Waals surface area contributed by atoms with Crippen LogP contribution in [-0.4, -0.2) is 85.1 Å². The third-order valence-electron chi connectivity index (χ3n) is 12.7. The Balaban J connectivity index is 1.00. The van der Waals surface area contributed by atoms with Gasteiger partial charge in [-0.2, -0.15) is 5.10 Å². The molecule has 9 nitrogen and oxygen atoms in total. The standard InChI is InChI=1S/C36H43FN6O3/c1-34-19-23-21-40-43(26-7-5-25(37)6-8-26)29(23)18-24(34)4-9-27-28-10-11-36(46,35(28,2)20-30(44)32(27)34)31(45)22-41-14-16-42(17-15-41)33-38-12-3-13-39-33/h3,5-8,12-13,18,21,27-28,30,32,44,46H,4,9-11,14-17,19-20,22H2,1-2H3/t27?,28?,30-,32?,34-,35-,36-/m0/s1. The van der Waals surface area contributed by atoms with E-state index < -0.39 is 17.1 Å². The number of halogens is 1. The fraction of sp³-hybridized carbons (Fsp3) is 0.556. The molecule has 2 N–H and O–H groups in total. The molecule has 1 aliphatic heterocycles. The zero-order valence-corrected chi connectivity index (χ0v) is 26.6. The summed E-state index contributed by atoms with van der Waals surface area (Å²) in [5, 5.41) is 29.0. The van der Waals surface area contributed by atoms with Gasteiger partial charge in [-0.1, -0.05) is 19.4 Å². The summed E-state index contributed by atoms with van der Waals surface area (Å²) >= 11 is 0. The third kappa shape index (κ3) is 4.43. The fourth-order valence-electron chi connectivity index (χ4n) is 10.3. The van der Waals surface area contributed by atoms with E-state index in [0.717, 1.165) is 55.7 Å². The van der Waals surface area contributed by atoms with Crippen LogP contribution in [0.25, 0.3) is 11.8 Å². The Labute approximate surface area is 269 Å². The molecule has 3 saturated carbocycles. The number of carbonyl (C=O) groups excluding carboxylic acids is 1. The monoisotopic (exact) mass is 626 g/mol. The molecule has 2 aromatic heterocycles. The number of Topliss-reactive ketones (excluding diaryl/α,β-unsaturated/α-hetero) is 1. The molecule has 5 aliphatic rings.